The summed E-state index contributed by atoms with van der Waals surface area (Å²) < 4.78 is 0. The Balaban J connectivity index is 1.49. The summed E-state index contributed by atoms with van der Waals surface area (Å²) >= 11 is 0. The Morgan fingerprint density at radius 1 is 1.22 bits per heavy atom. The fraction of sp³-hybridized carbons (Fsp3) is 0.333. The molecule has 1 aromatic heterocycles. The second-order valence-electron chi connectivity index (χ2n) is 5.86. The van der Waals surface area contributed by atoms with Gasteiger partial charge < -0.3 is 10.6 Å². The number of rotatable bonds is 5. The summed E-state index contributed by atoms with van der Waals surface area (Å²) in [6.45, 7) is 2.10. The van der Waals surface area contributed by atoms with Crippen molar-refractivity contribution in [3.63, 3.8) is 0 Å². The van der Waals surface area contributed by atoms with E-state index in [2.05, 4.69) is 38.7 Å². The predicted molar refractivity (Wildman–Crippen MR) is 91.1 cm³/mol. The van der Waals surface area contributed by atoms with Gasteiger partial charge >= 0.3 is 0 Å². The number of fused-ring (bicyclic) bond motifs is 1. The Kier molecular flexibility index (Phi) is 4.88. The minimum absolute atomic E-state index is 0.0926. The van der Waals surface area contributed by atoms with Crippen LogP contribution in [-0.4, -0.2) is 42.0 Å². The first-order chi connectivity index (χ1) is 11.2. The van der Waals surface area contributed by atoms with Crippen LogP contribution >= 0.6 is 0 Å². The summed E-state index contributed by atoms with van der Waals surface area (Å²) in [6, 6.07) is 12.1. The number of carbonyl (C=O) groups is 1. The van der Waals surface area contributed by atoms with Crippen LogP contribution < -0.4 is 10.6 Å². The standard InChI is InChI=1S/C18H22N4O/c1-22-13-15-6-3-2-5-14(15)11-17(22)18(23)21-10-9-20-16-7-4-8-19-12-16/h2-8,12,17,20H,9-11,13H2,1H3,(H,21,23)/t17-/m1/s1. The molecule has 2 heterocycles. The van der Waals surface area contributed by atoms with E-state index >= 15 is 0 Å². The van der Waals surface area contributed by atoms with Crippen molar-refractivity contribution in [2.75, 3.05) is 25.5 Å². The number of amides is 1. The van der Waals surface area contributed by atoms with Crippen LogP contribution in [0, 0.1) is 0 Å². The molecule has 0 spiro atoms. The van der Waals surface area contributed by atoms with Gasteiger partial charge in [-0.2, -0.15) is 0 Å². The number of aromatic nitrogens is 1. The van der Waals surface area contributed by atoms with Crippen molar-refractivity contribution in [3.05, 3.63) is 59.9 Å². The third-order valence-electron chi connectivity index (χ3n) is 4.20. The van der Waals surface area contributed by atoms with Crippen molar-refractivity contribution in [2.45, 2.75) is 19.0 Å². The van der Waals surface area contributed by atoms with Gasteiger partial charge in [0, 0.05) is 32.0 Å². The number of anilines is 1. The highest BCUT2D eigenvalue weighted by Gasteiger charge is 2.28. The number of nitrogens with zero attached hydrogens (tertiary/aromatic N) is 2. The largest absolute Gasteiger partial charge is 0.382 e. The van der Waals surface area contributed by atoms with Gasteiger partial charge in [0.1, 0.15) is 0 Å². The van der Waals surface area contributed by atoms with Gasteiger partial charge in [0.2, 0.25) is 5.91 Å². The molecule has 3 rings (SSSR count). The minimum atomic E-state index is -0.0942. The third kappa shape index (κ3) is 3.87. The number of nitrogens with one attached hydrogen (secondary N) is 2. The van der Waals surface area contributed by atoms with Gasteiger partial charge in [-0.15, -0.1) is 0 Å². The Labute approximate surface area is 136 Å². The van der Waals surface area contributed by atoms with Crippen LogP contribution in [0.2, 0.25) is 0 Å². The lowest BCUT2D eigenvalue weighted by molar-refractivity contribution is -0.126. The first kappa shape index (κ1) is 15.5. The van der Waals surface area contributed by atoms with Gasteiger partial charge in [0.15, 0.2) is 0 Å². The van der Waals surface area contributed by atoms with Crippen LogP contribution in [0.1, 0.15) is 11.1 Å². The van der Waals surface area contributed by atoms with Crippen molar-refractivity contribution in [3.8, 4) is 0 Å². The fourth-order valence-corrected chi connectivity index (χ4v) is 2.92. The lowest BCUT2D eigenvalue weighted by Gasteiger charge is -2.33. The minimum Gasteiger partial charge on any atom is -0.382 e. The Hall–Kier alpha value is -2.40. The number of hydrogen-bond donors (Lipinski definition) is 2. The van der Waals surface area contributed by atoms with Crippen molar-refractivity contribution < 1.29 is 4.79 Å². The molecule has 120 valence electrons. The smallest absolute Gasteiger partial charge is 0.237 e. The molecule has 1 aliphatic rings. The van der Waals surface area contributed by atoms with E-state index in [9.17, 15) is 4.79 Å². The molecule has 1 aromatic carbocycles. The molecule has 5 nitrogen and oxygen atoms in total. The van der Waals surface area contributed by atoms with E-state index in [0.717, 1.165) is 18.7 Å². The highest BCUT2D eigenvalue weighted by molar-refractivity contribution is 5.82. The molecule has 1 aliphatic heterocycles. The van der Waals surface area contributed by atoms with Gasteiger partial charge in [-0.25, -0.2) is 0 Å². The summed E-state index contributed by atoms with van der Waals surface area (Å²) in [5.41, 5.74) is 3.56. The normalized spacial score (nSPS) is 17.3. The van der Waals surface area contributed by atoms with E-state index in [4.69, 9.17) is 0 Å². The zero-order valence-electron chi connectivity index (χ0n) is 13.3. The molecular weight excluding hydrogens is 288 g/mol. The molecule has 0 unspecified atom stereocenters. The van der Waals surface area contributed by atoms with Gasteiger partial charge in [0.05, 0.1) is 11.7 Å². The van der Waals surface area contributed by atoms with Crippen LogP contribution in [0.4, 0.5) is 5.69 Å². The molecule has 0 aliphatic carbocycles. The highest BCUT2D eigenvalue weighted by Crippen LogP contribution is 2.21. The topological polar surface area (TPSA) is 57.3 Å². The van der Waals surface area contributed by atoms with Gasteiger partial charge in [0.25, 0.3) is 0 Å². The first-order valence-electron chi connectivity index (χ1n) is 7.92. The van der Waals surface area contributed by atoms with E-state index in [-0.39, 0.29) is 11.9 Å². The zero-order valence-corrected chi connectivity index (χ0v) is 13.3. The maximum Gasteiger partial charge on any atom is 0.237 e. The third-order valence-corrected chi connectivity index (χ3v) is 4.20. The summed E-state index contributed by atoms with van der Waals surface area (Å²) in [6.07, 6.45) is 4.28. The van der Waals surface area contributed by atoms with E-state index in [1.165, 1.54) is 11.1 Å². The number of likely N-dealkylation sites (N-methyl/N-ethyl adjacent to an activating group) is 1. The molecule has 2 aromatic rings. The van der Waals surface area contributed by atoms with Crippen LogP contribution in [0.15, 0.2) is 48.8 Å². The maximum atomic E-state index is 12.4. The van der Waals surface area contributed by atoms with Crippen molar-refractivity contribution >= 4 is 11.6 Å². The van der Waals surface area contributed by atoms with Gasteiger partial charge in [-0.3, -0.25) is 14.7 Å². The SMILES string of the molecule is CN1Cc2ccccc2C[C@@H]1C(=O)NCCNc1cccnc1. The Bertz CT molecular complexity index is 659. The highest BCUT2D eigenvalue weighted by atomic mass is 16.2. The molecule has 1 atom stereocenters. The lowest BCUT2D eigenvalue weighted by Crippen LogP contribution is -2.49. The van der Waals surface area contributed by atoms with Crippen molar-refractivity contribution in [2.24, 2.45) is 0 Å². The Morgan fingerprint density at radius 2 is 2.04 bits per heavy atom. The van der Waals surface area contributed by atoms with E-state index in [1.54, 1.807) is 12.4 Å². The average molecular weight is 310 g/mol. The maximum absolute atomic E-state index is 12.4. The summed E-state index contributed by atoms with van der Waals surface area (Å²) in [4.78, 5) is 18.6. The van der Waals surface area contributed by atoms with Crippen LogP contribution in [0.5, 0.6) is 0 Å². The first-order valence-corrected chi connectivity index (χ1v) is 7.92. The lowest BCUT2D eigenvalue weighted by atomic mass is 9.94. The zero-order chi connectivity index (χ0) is 16.1. The molecule has 0 fully saturated rings. The van der Waals surface area contributed by atoms with E-state index in [1.807, 2.05) is 25.2 Å². The second-order valence-corrected chi connectivity index (χ2v) is 5.86. The van der Waals surface area contributed by atoms with Gasteiger partial charge in [-0.05, 0) is 36.7 Å². The molecule has 0 radical (unpaired) electrons. The summed E-state index contributed by atoms with van der Waals surface area (Å²) in [5.74, 6) is 0.0926. The van der Waals surface area contributed by atoms with Crippen molar-refractivity contribution in [1.29, 1.82) is 0 Å². The van der Waals surface area contributed by atoms with Crippen LogP contribution in [0.25, 0.3) is 0 Å². The number of hydrogen-bond acceptors (Lipinski definition) is 4. The molecule has 5 heteroatoms. The molecule has 0 bridgehead atoms. The number of carbonyl (C=O) groups excluding carboxylic acids is 1. The summed E-state index contributed by atoms with van der Waals surface area (Å²) in [7, 11) is 2.01. The molecule has 23 heavy (non-hydrogen) atoms. The van der Waals surface area contributed by atoms with Crippen LogP contribution in [-0.2, 0) is 17.8 Å². The van der Waals surface area contributed by atoms with E-state index in [0.29, 0.717) is 13.1 Å². The quantitative estimate of drug-likeness (QED) is 0.825. The number of pyridine rings is 1. The predicted octanol–water partition coefficient (Wildman–Crippen LogP) is 1.67. The number of benzene rings is 1. The van der Waals surface area contributed by atoms with Crippen molar-refractivity contribution in [1.82, 2.24) is 15.2 Å². The van der Waals surface area contributed by atoms with Crippen LogP contribution in [0.3, 0.4) is 0 Å². The second kappa shape index (κ2) is 7.24. The molecule has 0 saturated carbocycles. The fourth-order valence-electron chi connectivity index (χ4n) is 2.92. The average Bonchev–Trinajstić information content (AvgIpc) is 2.59. The molecular formula is C18H22N4O. The summed E-state index contributed by atoms with van der Waals surface area (Å²) in [5, 5.41) is 6.26. The van der Waals surface area contributed by atoms with Gasteiger partial charge in [-0.1, -0.05) is 24.3 Å². The Morgan fingerprint density at radius 3 is 2.83 bits per heavy atom. The monoisotopic (exact) mass is 310 g/mol. The molecule has 2 N–H and O–H groups in total. The molecule has 1 amide bonds. The van der Waals surface area contributed by atoms with E-state index < -0.39 is 0 Å². The molecule has 0 saturated heterocycles.